The normalized spacial score (nSPS) is 18.6. The van der Waals surface area contributed by atoms with Gasteiger partial charge < -0.3 is 5.11 Å². The van der Waals surface area contributed by atoms with Crippen molar-refractivity contribution in [3.8, 4) is 0 Å². The van der Waals surface area contributed by atoms with E-state index in [1.54, 1.807) is 10.5 Å². The van der Waals surface area contributed by atoms with E-state index in [1.165, 1.54) is 11.3 Å². The van der Waals surface area contributed by atoms with Crippen molar-refractivity contribution in [2.45, 2.75) is 32.9 Å². The summed E-state index contributed by atoms with van der Waals surface area (Å²) in [6, 6.07) is 1.92. The van der Waals surface area contributed by atoms with Crippen LogP contribution < -0.4 is 5.56 Å². The Morgan fingerprint density at radius 3 is 2.74 bits per heavy atom. The Bertz CT molecular complexity index is 714. The smallest absolute Gasteiger partial charge is 0.259 e. The number of aliphatic hydroxyl groups excluding tert-OH is 1. The van der Waals surface area contributed by atoms with Crippen LogP contribution in [0, 0.1) is 6.92 Å². The molecular weight excluding hydrogens is 312 g/mol. The molecule has 126 valence electrons. The molecule has 23 heavy (non-hydrogen) atoms. The van der Waals surface area contributed by atoms with Gasteiger partial charge in [-0.05, 0) is 13.3 Å². The van der Waals surface area contributed by atoms with Gasteiger partial charge in [0.1, 0.15) is 0 Å². The van der Waals surface area contributed by atoms with Gasteiger partial charge in [-0.15, -0.1) is 11.3 Å². The fourth-order valence-electron chi connectivity index (χ4n) is 3.20. The number of aromatic nitrogens is 2. The second kappa shape index (κ2) is 7.09. The van der Waals surface area contributed by atoms with Crippen LogP contribution in [0.2, 0.25) is 0 Å². The summed E-state index contributed by atoms with van der Waals surface area (Å²) in [4.78, 5) is 22.3. The molecule has 0 bridgehead atoms. The van der Waals surface area contributed by atoms with E-state index >= 15 is 0 Å². The van der Waals surface area contributed by atoms with Gasteiger partial charge >= 0.3 is 0 Å². The summed E-state index contributed by atoms with van der Waals surface area (Å²) in [7, 11) is 0. The molecule has 2 aromatic rings. The maximum atomic E-state index is 12.2. The van der Waals surface area contributed by atoms with Gasteiger partial charge in [-0.1, -0.05) is 6.92 Å². The van der Waals surface area contributed by atoms with Gasteiger partial charge in [0.25, 0.3) is 5.56 Å². The first-order valence-electron chi connectivity index (χ1n) is 8.16. The topological polar surface area (TPSA) is 61.1 Å². The molecule has 0 radical (unpaired) electrons. The van der Waals surface area contributed by atoms with Crippen LogP contribution in [0.15, 0.2) is 16.2 Å². The number of hydrogen-bond acceptors (Lipinski definition) is 6. The van der Waals surface area contributed by atoms with Crippen LogP contribution in [0.1, 0.15) is 24.7 Å². The zero-order valence-electron chi connectivity index (χ0n) is 13.7. The van der Waals surface area contributed by atoms with Crippen LogP contribution in [0.25, 0.3) is 4.96 Å². The molecule has 1 aliphatic rings. The second-order valence-corrected chi connectivity index (χ2v) is 6.97. The zero-order chi connectivity index (χ0) is 16.4. The van der Waals surface area contributed by atoms with Gasteiger partial charge in [-0.25, -0.2) is 4.98 Å². The Kier molecular flexibility index (Phi) is 5.11. The van der Waals surface area contributed by atoms with E-state index < -0.39 is 0 Å². The average Bonchev–Trinajstić information content (AvgIpc) is 2.92. The van der Waals surface area contributed by atoms with Crippen LogP contribution in [-0.2, 0) is 6.54 Å². The van der Waals surface area contributed by atoms with Crippen molar-refractivity contribution in [1.29, 1.82) is 0 Å². The highest BCUT2D eigenvalue weighted by atomic mass is 32.1. The van der Waals surface area contributed by atoms with Crippen molar-refractivity contribution in [3.63, 3.8) is 0 Å². The number of hydrogen-bond donors (Lipinski definition) is 1. The summed E-state index contributed by atoms with van der Waals surface area (Å²) in [6.07, 6.45) is 0.975. The summed E-state index contributed by atoms with van der Waals surface area (Å²) in [5.41, 5.74) is 1.80. The van der Waals surface area contributed by atoms with E-state index in [0.717, 1.165) is 48.9 Å². The van der Waals surface area contributed by atoms with E-state index in [-0.39, 0.29) is 18.2 Å². The van der Waals surface area contributed by atoms with Gasteiger partial charge in [0.15, 0.2) is 4.96 Å². The first-order valence-corrected chi connectivity index (χ1v) is 9.04. The highest BCUT2D eigenvalue weighted by Crippen LogP contribution is 2.14. The van der Waals surface area contributed by atoms with E-state index in [1.807, 2.05) is 12.3 Å². The quantitative estimate of drug-likeness (QED) is 0.881. The summed E-state index contributed by atoms with van der Waals surface area (Å²) in [5.74, 6) is 0. The number of aliphatic hydroxyl groups is 1. The minimum absolute atomic E-state index is 0.00807. The standard InChI is InChI=1S/C16H24N4O2S/c1-3-14(10-21)19-6-4-18(5-7-19)9-13-8-15(22)20-12(2)11-23-16(20)17-13/h8,11,14,21H,3-7,9-10H2,1-2H3. The lowest BCUT2D eigenvalue weighted by atomic mass is 10.1. The molecule has 0 aromatic carbocycles. The third-order valence-electron chi connectivity index (χ3n) is 4.62. The van der Waals surface area contributed by atoms with E-state index in [0.29, 0.717) is 6.54 Å². The maximum absolute atomic E-state index is 12.2. The highest BCUT2D eigenvalue weighted by molar-refractivity contribution is 7.15. The zero-order valence-corrected chi connectivity index (χ0v) is 14.6. The molecule has 0 aliphatic carbocycles. The average molecular weight is 336 g/mol. The Labute approximate surface area is 140 Å². The Hall–Kier alpha value is -1.28. The van der Waals surface area contributed by atoms with Crippen molar-refractivity contribution in [2.75, 3.05) is 32.8 Å². The molecule has 3 rings (SSSR count). The Balaban J connectivity index is 1.66. The monoisotopic (exact) mass is 336 g/mol. The highest BCUT2D eigenvalue weighted by Gasteiger charge is 2.22. The SMILES string of the molecule is CCC(CO)N1CCN(Cc2cc(=O)n3c(C)csc3n2)CC1. The molecule has 1 saturated heterocycles. The van der Waals surface area contributed by atoms with Crippen LogP contribution in [0.4, 0.5) is 0 Å². The summed E-state index contributed by atoms with van der Waals surface area (Å²) >= 11 is 1.51. The largest absolute Gasteiger partial charge is 0.395 e. The number of fused-ring (bicyclic) bond motifs is 1. The van der Waals surface area contributed by atoms with Crippen molar-refractivity contribution in [3.05, 3.63) is 33.2 Å². The predicted octanol–water partition coefficient (Wildman–Crippen LogP) is 0.953. The van der Waals surface area contributed by atoms with E-state index in [4.69, 9.17) is 0 Å². The minimum atomic E-state index is 0.00807. The molecule has 1 atom stereocenters. The molecule has 1 fully saturated rings. The molecule has 1 aliphatic heterocycles. The fourth-order valence-corrected chi connectivity index (χ4v) is 4.09. The Morgan fingerprint density at radius 1 is 1.35 bits per heavy atom. The lowest BCUT2D eigenvalue weighted by molar-refractivity contribution is 0.0604. The third kappa shape index (κ3) is 3.47. The van der Waals surface area contributed by atoms with Gasteiger partial charge in [-0.3, -0.25) is 19.0 Å². The van der Waals surface area contributed by atoms with Crippen molar-refractivity contribution in [1.82, 2.24) is 19.2 Å². The first-order chi connectivity index (χ1) is 11.1. The molecule has 2 aromatic heterocycles. The fraction of sp³-hybridized carbons (Fsp3) is 0.625. The van der Waals surface area contributed by atoms with Gasteiger partial charge in [0.05, 0.1) is 12.3 Å². The summed E-state index contributed by atoms with van der Waals surface area (Å²) < 4.78 is 1.67. The molecule has 7 heteroatoms. The molecule has 0 spiro atoms. The number of thiazole rings is 1. The number of rotatable bonds is 5. The molecule has 1 unspecified atom stereocenters. The maximum Gasteiger partial charge on any atom is 0.259 e. The van der Waals surface area contributed by atoms with Gasteiger partial charge in [0, 0.05) is 55.9 Å². The predicted molar refractivity (Wildman–Crippen MR) is 92.1 cm³/mol. The molecule has 6 nitrogen and oxygen atoms in total. The first kappa shape index (κ1) is 16.6. The number of piperazine rings is 1. The molecular formula is C16H24N4O2S. The minimum Gasteiger partial charge on any atom is -0.395 e. The summed E-state index contributed by atoms with van der Waals surface area (Å²) in [5, 5.41) is 11.4. The number of aryl methyl sites for hydroxylation is 1. The van der Waals surface area contributed by atoms with Crippen molar-refractivity contribution < 1.29 is 5.11 Å². The number of nitrogens with zero attached hydrogens (tertiary/aromatic N) is 4. The molecule has 0 saturated carbocycles. The molecule has 0 amide bonds. The molecule has 1 N–H and O–H groups in total. The Morgan fingerprint density at radius 2 is 2.09 bits per heavy atom. The van der Waals surface area contributed by atoms with Crippen LogP contribution in [0.5, 0.6) is 0 Å². The van der Waals surface area contributed by atoms with Gasteiger partial charge in [0.2, 0.25) is 0 Å². The van der Waals surface area contributed by atoms with Crippen molar-refractivity contribution in [2.24, 2.45) is 0 Å². The van der Waals surface area contributed by atoms with Gasteiger partial charge in [-0.2, -0.15) is 0 Å². The van der Waals surface area contributed by atoms with Crippen LogP contribution >= 0.6 is 11.3 Å². The lowest BCUT2D eigenvalue weighted by Crippen LogP contribution is -2.50. The van der Waals surface area contributed by atoms with Crippen LogP contribution in [0.3, 0.4) is 0 Å². The lowest BCUT2D eigenvalue weighted by Gasteiger charge is -2.38. The summed E-state index contributed by atoms with van der Waals surface area (Å²) in [6.45, 7) is 8.79. The molecule has 3 heterocycles. The third-order valence-corrected chi connectivity index (χ3v) is 5.56. The van der Waals surface area contributed by atoms with E-state index in [2.05, 4.69) is 21.7 Å². The van der Waals surface area contributed by atoms with Crippen LogP contribution in [-0.4, -0.2) is 63.1 Å². The van der Waals surface area contributed by atoms with Crippen molar-refractivity contribution >= 4 is 16.3 Å². The van der Waals surface area contributed by atoms with E-state index in [9.17, 15) is 9.90 Å². The second-order valence-electron chi connectivity index (χ2n) is 6.14.